The Morgan fingerprint density at radius 1 is 0.420 bits per heavy atom. The molecule has 2 nitrogen and oxygen atoms in total. The van der Waals surface area contributed by atoms with Crippen LogP contribution in [0.2, 0.25) is 0 Å². The van der Waals surface area contributed by atoms with Gasteiger partial charge < -0.3 is 0 Å². The van der Waals surface area contributed by atoms with Crippen molar-refractivity contribution >= 4 is 34.3 Å². The average molecular weight is 759 g/mol. The molecule has 0 amide bonds. The molecule has 0 bridgehead atoms. The van der Waals surface area contributed by atoms with E-state index >= 15 is 0 Å². The van der Waals surface area contributed by atoms with Gasteiger partial charge in [0.1, 0.15) is 0 Å². The van der Waals surface area contributed by atoms with Gasteiger partial charge in [0.15, 0.2) is 0 Å². The molecule has 0 spiro atoms. The van der Waals surface area contributed by atoms with Gasteiger partial charge >= 0.3 is 300 Å². The van der Waals surface area contributed by atoms with Crippen LogP contribution in [0.15, 0.2) is 194 Å². The molecule has 0 aliphatic carbocycles. The van der Waals surface area contributed by atoms with Crippen LogP contribution in [-0.4, -0.2) is 18.1 Å². The summed E-state index contributed by atoms with van der Waals surface area (Å²) in [7, 11) is 0. The van der Waals surface area contributed by atoms with Gasteiger partial charge in [0.25, 0.3) is 0 Å². The van der Waals surface area contributed by atoms with Crippen molar-refractivity contribution in [1.82, 2.24) is 0 Å². The van der Waals surface area contributed by atoms with Crippen LogP contribution in [0.4, 0.5) is 5.69 Å². The van der Waals surface area contributed by atoms with E-state index in [1.165, 1.54) is 38.3 Å². The molecule has 0 saturated carbocycles. The van der Waals surface area contributed by atoms with Gasteiger partial charge in [-0.2, -0.15) is 0 Å². The average Bonchev–Trinajstić information content (AvgIpc) is 3.55. The van der Waals surface area contributed by atoms with Crippen molar-refractivity contribution in [3.8, 4) is 5.75 Å². The number of hydrogen-bond donors (Lipinski definition) is 1. The van der Waals surface area contributed by atoms with Crippen LogP contribution in [0.5, 0.6) is 5.75 Å². The SMILES string of the molecule is CC(C)(C)c1cc(C(c2ccccc2)(c2ccccc2)c2ccccc2)cc2c1[O][Sb]([c]1ccccc1)([c]1ccccc1)([c]1ccccc1)[NH]2. The summed E-state index contributed by atoms with van der Waals surface area (Å²) in [6.07, 6.45) is 0. The number of benzene rings is 7. The van der Waals surface area contributed by atoms with Crippen LogP contribution in [0.3, 0.4) is 0 Å². The zero-order chi connectivity index (χ0) is 34.3. The zero-order valence-electron chi connectivity index (χ0n) is 28.8. The van der Waals surface area contributed by atoms with Gasteiger partial charge in [0, 0.05) is 0 Å². The summed E-state index contributed by atoms with van der Waals surface area (Å²) in [4.78, 5) is 0. The zero-order valence-corrected chi connectivity index (χ0v) is 31.4. The van der Waals surface area contributed by atoms with Crippen LogP contribution in [0.25, 0.3) is 0 Å². The second-order valence-electron chi connectivity index (χ2n) is 14.2. The predicted molar refractivity (Wildman–Crippen MR) is 212 cm³/mol. The van der Waals surface area contributed by atoms with E-state index in [4.69, 9.17) is 3.02 Å². The van der Waals surface area contributed by atoms with Crippen molar-refractivity contribution in [2.45, 2.75) is 31.6 Å². The number of hydrogen-bond acceptors (Lipinski definition) is 2. The molecule has 1 heterocycles. The molecule has 0 saturated heterocycles. The summed E-state index contributed by atoms with van der Waals surface area (Å²) in [6.45, 7) is 6.92. The Morgan fingerprint density at radius 2 is 0.760 bits per heavy atom. The summed E-state index contributed by atoms with van der Waals surface area (Å²) < 4.78 is 16.0. The van der Waals surface area contributed by atoms with Gasteiger partial charge in [-0.05, 0) is 0 Å². The fourth-order valence-corrected chi connectivity index (χ4v) is 22.4. The molecular weight excluding hydrogens is 716 g/mol. The molecule has 0 atom stereocenters. The van der Waals surface area contributed by atoms with Gasteiger partial charge in [-0.3, -0.25) is 0 Å². The molecule has 0 aromatic heterocycles. The van der Waals surface area contributed by atoms with Crippen molar-refractivity contribution in [2.24, 2.45) is 0 Å². The first-order chi connectivity index (χ1) is 24.4. The fraction of sp³-hybridized carbons (Fsp3) is 0.106. The van der Waals surface area contributed by atoms with E-state index in [9.17, 15) is 0 Å². The van der Waals surface area contributed by atoms with Crippen molar-refractivity contribution in [2.75, 3.05) is 3.48 Å². The Kier molecular flexibility index (Phi) is 7.97. The van der Waals surface area contributed by atoms with E-state index in [0.717, 1.165) is 11.4 Å². The maximum absolute atomic E-state index is 7.97. The molecule has 1 N–H and O–H groups in total. The number of anilines is 1. The monoisotopic (exact) mass is 757 g/mol. The standard InChI is InChI=1S/C29H28NO.3C6H5.Sb/c1-28(2,3)25-19-24(20-26(30)27(25)31)29(21-13-7-4-8-14-21,22-15-9-5-10-16-22)23-17-11-6-12-18-23;3*1-2-4-6-5-3-1;/h4-20,30-31H,1-3H3;3*1-5H;/q-1;;;;+2/p-1. The molecule has 7 aromatic carbocycles. The van der Waals surface area contributed by atoms with Gasteiger partial charge in [-0.25, -0.2) is 0 Å². The van der Waals surface area contributed by atoms with Crippen molar-refractivity contribution in [3.63, 3.8) is 0 Å². The van der Waals surface area contributed by atoms with Crippen molar-refractivity contribution in [3.05, 3.63) is 222 Å². The third-order valence-electron chi connectivity index (χ3n) is 10.3. The normalized spacial score (nSPS) is 15.5. The van der Waals surface area contributed by atoms with Crippen molar-refractivity contribution < 1.29 is 3.02 Å². The first kappa shape index (κ1) is 32.2. The molecule has 50 heavy (non-hydrogen) atoms. The first-order valence-electron chi connectivity index (χ1n) is 17.4. The number of rotatable bonds is 7. The molecule has 8 rings (SSSR count). The van der Waals surface area contributed by atoms with E-state index in [-0.39, 0.29) is 5.41 Å². The minimum atomic E-state index is -5.04. The molecule has 0 radical (unpaired) electrons. The van der Waals surface area contributed by atoms with Crippen LogP contribution in [-0.2, 0) is 10.8 Å². The van der Waals surface area contributed by atoms with E-state index < -0.39 is 23.5 Å². The van der Waals surface area contributed by atoms with Crippen LogP contribution in [0, 0.1) is 0 Å². The van der Waals surface area contributed by atoms with Crippen LogP contribution in [0.1, 0.15) is 48.6 Å². The topological polar surface area (TPSA) is 21.3 Å². The fourth-order valence-electron chi connectivity index (χ4n) is 8.02. The summed E-state index contributed by atoms with van der Waals surface area (Å²) in [5, 5.41) is 0. The second-order valence-corrected chi connectivity index (χ2v) is 25.7. The molecule has 7 aromatic rings. The van der Waals surface area contributed by atoms with Crippen molar-refractivity contribution in [1.29, 1.82) is 0 Å². The van der Waals surface area contributed by atoms with Gasteiger partial charge in [-0.1, -0.05) is 0 Å². The maximum atomic E-state index is 7.97. The minimum absolute atomic E-state index is 0.233. The quantitative estimate of drug-likeness (QED) is 0.129. The van der Waals surface area contributed by atoms with Crippen LogP contribution >= 0.6 is 0 Å². The molecule has 3 heteroatoms. The second kappa shape index (κ2) is 12.4. The Morgan fingerprint density at radius 3 is 1.10 bits per heavy atom. The third kappa shape index (κ3) is 4.84. The first-order valence-corrected chi connectivity index (χ1v) is 23.5. The Hall–Kier alpha value is -5.04. The van der Waals surface area contributed by atoms with E-state index in [1.54, 1.807) is 0 Å². The molecule has 0 unspecified atom stereocenters. The summed E-state index contributed by atoms with van der Waals surface area (Å²) in [5.41, 5.74) is 6.24. The van der Waals surface area contributed by atoms with E-state index in [2.05, 4.69) is 218 Å². The van der Waals surface area contributed by atoms with E-state index in [0.29, 0.717) is 0 Å². The Bertz CT molecular complexity index is 2040. The number of nitrogens with one attached hydrogen (secondary N) is 1. The summed E-state index contributed by atoms with van der Waals surface area (Å²) in [6, 6.07) is 70.5. The molecular formula is C47H42NOSb. The molecule has 0 fully saturated rings. The molecule has 246 valence electrons. The van der Waals surface area contributed by atoms with Gasteiger partial charge in [-0.15, -0.1) is 0 Å². The van der Waals surface area contributed by atoms with E-state index in [1.807, 2.05) is 0 Å². The molecule has 1 aliphatic heterocycles. The van der Waals surface area contributed by atoms with Gasteiger partial charge in [0.05, 0.1) is 0 Å². The predicted octanol–water partition coefficient (Wildman–Crippen LogP) is 9.29. The summed E-state index contributed by atoms with van der Waals surface area (Å²) >= 11 is -5.04. The Balaban J connectivity index is 1.52. The van der Waals surface area contributed by atoms with Gasteiger partial charge in [0.2, 0.25) is 0 Å². The molecule has 1 aliphatic rings. The van der Waals surface area contributed by atoms with Crippen LogP contribution < -0.4 is 17.0 Å². The Labute approximate surface area is 298 Å². The number of fused-ring (bicyclic) bond motifs is 1. The summed E-state index contributed by atoms with van der Waals surface area (Å²) in [5.74, 6) is 0.947. The third-order valence-corrected chi connectivity index (χ3v) is 24.8.